The van der Waals surface area contributed by atoms with E-state index in [-0.39, 0.29) is 17.1 Å². The molecule has 26 heavy (non-hydrogen) atoms. The summed E-state index contributed by atoms with van der Waals surface area (Å²) < 4.78 is 1.73. The normalized spacial score (nSPS) is 11.5. The van der Waals surface area contributed by atoms with Crippen molar-refractivity contribution in [3.05, 3.63) is 47.8 Å². The van der Waals surface area contributed by atoms with Crippen LogP contribution in [0, 0.1) is 0 Å². The van der Waals surface area contributed by atoms with E-state index in [4.69, 9.17) is 0 Å². The molecule has 0 saturated heterocycles. The van der Waals surface area contributed by atoms with E-state index in [9.17, 15) is 9.90 Å². The Morgan fingerprint density at radius 3 is 2.50 bits per heavy atom. The summed E-state index contributed by atoms with van der Waals surface area (Å²) in [5.41, 5.74) is 1.03. The van der Waals surface area contributed by atoms with E-state index in [1.807, 2.05) is 12.1 Å². The fourth-order valence-corrected chi connectivity index (χ4v) is 2.43. The first kappa shape index (κ1) is 17.7. The van der Waals surface area contributed by atoms with Gasteiger partial charge in [0.05, 0.1) is 0 Å². The second kappa shape index (κ2) is 6.99. The van der Waals surface area contributed by atoms with Crippen LogP contribution in [0.15, 0.2) is 36.4 Å². The van der Waals surface area contributed by atoms with E-state index in [0.717, 1.165) is 5.82 Å². The summed E-state index contributed by atoms with van der Waals surface area (Å²) in [7, 11) is 0. The molecule has 0 fully saturated rings. The van der Waals surface area contributed by atoms with Crippen LogP contribution in [0.1, 0.15) is 37.0 Å². The van der Waals surface area contributed by atoms with Crippen LogP contribution in [0.4, 0.5) is 5.82 Å². The van der Waals surface area contributed by atoms with Crippen LogP contribution in [0.3, 0.4) is 0 Å². The molecular formula is C18H22N6O2. The molecule has 0 bridgehead atoms. The number of aromatic hydroxyl groups is 1. The molecule has 136 valence electrons. The zero-order valence-electron chi connectivity index (χ0n) is 15.0. The van der Waals surface area contributed by atoms with Crippen molar-refractivity contribution < 1.29 is 9.90 Å². The first-order valence-corrected chi connectivity index (χ1v) is 8.38. The molecule has 0 aliphatic carbocycles. The maximum absolute atomic E-state index is 12.0. The van der Waals surface area contributed by atoms with Crippen LogP contribution in [0.25, 0.3) is 5.65 Å². The van der Waals surface area contributed by atoms with E-state index in [1.54, 1.807) is 16.6 Å². The number of hydrogen-bond acceptors (Lipinski definition) is 6. The summed E-state index contributed by atoms with van der Waals surface area (Å²) in [6, 6.07) is 9.81. The highest BCUT2D eigenvalue weighted by atomic mass is 16.3. The van der Waals surface area contributed by atoms with Crippen molar-refractivity contribution in [2.24, 2.45) is 0 Å². The van der Waals surface area contributed by atoms with Crippen molar-refractivity contribution in [3.63, 3.8) is 0 Å². The number of amides is 1. The van der Waals surface area contributed by atoms with Crippen LogP contribution in [0.5, 0.6) is 5.75 Å². The van der Waals surface area contributed by atoms with E-state index in [2.05, 4.69) is 46.7 Å². The molecule has 1 aromatic carbocycles. The molecule has 0 radical (unpaired) electrons. The van der Waals surface area contributed by atoms with E-state index < -0.39 is 0 Å². The molecule has 0 aliphatic heterocycles. The first-order valence-electron chi connectivity index (χ1n) is 8.38. The highest BCUT2D eigenvalue weighted by molar-refractivity contribution is 5.94. The van der Waals surface area contributed by atoms with Gasteiger partial charge in [0.25, 0.3) is 5.91 Å². The third kappa shape index (κ3) is 3.90. The Bertz CT molecular complexity index is 912. The molecule has 0 unspecified atom stereocenters. The number of aromatic nitrogens is 4. The number of fused-ring (bicyclic) bond motifs is 1. The van der Waals surface area contributed by atoms with Crippen LogP contribution >= 0.6 is 0 Å². The van der Waals surface area contributed by atoms with Gasteiger partial charge in [-0.1, -0.05) is 20.8 Å². The number of nitrogens with one attached hydrogen (secondary N) is 2. The molecule has 1 amide bonds. The van der Waals surface area contributed by atoms with Gasteiger partial charge in [-0.05, 0) is 36.4 Å². The summed E-state index contributed by atoms with van der Waals surface area (Å²) >= 11 is 0. The standard InChI is InChI=1S/C18H22N6O2/c1-18(2,3)17-22-21-15-9-8-14(23-24(15)17)19-10-11-20-16(26)12-4-6-13(25)7-5-12/h4-9,25H,10-11H2,1-3H3,(H,19,23)(H,20,26). The average Bonchev–Trinajstić information content (AvgIpc) is 3.02. The van der Waals surface area contributed by atoms with Crippen molar-refractivity contribution in [3.8, 4) is 5.75 Å². The zero-order chi connectivity index (χ0) is 18.7. The average molecular weight is 354 g/mol. The second-order valence-corrected chi connectivity index (χ2v) is 6.99. The monoisotopic (exact) mass is 354 g/mol. The lowest BCUT2D eigenvalue weighted by molar-refractivity contribution is 0.0955. The van der Waals surface area contributed by atoms with Crippen LogP contribution < -0.4 is 10.6 Å². The maximum Gasteiger partial charge on any atom is 0.251 e. The summed E-state index contributed by atoms with van der Waals surface area (Å²) in [6.07, 6.45) is 0. The Kier molecular flexibility index (Phi) is 4.75. The molecular weight excluding hydrogens is 332 g/mol. The van der Waals surface area contributed by atoms with Crippen LogP contribution in [-0.4, -0.2) is 43.9 Å². The van der Waals surface area contributed by atoms with Gasteiger partial charge in [0, 0.05) is 24.1 Å². The lowest BCUT2D eigenvalue weighted by atomic mass is 9.96. The van der Waals surface area contributed by atoms with E-state index in [1.165, 1.54) is 12.1 Å². The Morgan fingerprint density at radius 2 is 1.81 bits per heavy atom. The fraction of sp³-hybridized carbons (Fsp3) is 0.333. The smallest absolute Gasteiger partial charge is 0.251 e. The fourth-order valence-electron chi connectivity index (χ4n) is 2.43. The zero-order valence-corrected chi connectivity index (χ0v) is 15.0. The molecule has 2 aromatic heterocycles. The quantitative estimate of drug-likeness (QED) is 0.605. The largest absolute Gasteiger partial charge is 0.508 e. The Balaban J connectivity index is 1.58. The van der Waals surface area contributed by atoms with Crippen LogP contribution in [-0.2, 0) is 5.41 Å². The lowest BCUT2D eigenvalue weighted by Gasteiger charge is -2.15. The summed E-state index contributed by atoms with van der Waals surface area (Å²) in [5, 5.41) is 28.1. The second-order valence-electron chi connectivity index (χ2n) is 6.99. The molecule has 0 atom stereocenters. The third-order valence-electron chi connectivity index (χ3n) is 3.78. The molecule has 3 aromatic rings. The topological polar surface area (TPSA) is 104 Å². The number of phenols is 1. The molecule has 3 N–H and O–H groups in total. The molecule has 3 rings (SSSR count). The first-order chi connectivity index (χ1) is 12.3. The Hall–Kier alpha value is -3.16. The predicted octanol–water partition coefficient (Wildman–Crippen LogP) is 1.97. The minimum Gasteiger partial charge on any atom is -0.508 e. The number of carbonyl (C=O) groups excluding carboxylic acids is 1. The van der Waals surface area contributed by atoms with Gasteiger partial charge < -0.3 is 15.7 Å². The number of benzene rings is 1. The highest BCUT2D eigenvalue weighted by Gasteiger charge is 2.21. The van der Waals surface area contributed by atoms with E-state index in [0.29, 0.717) is 30.1 Å². The van der Waals surface area contributed by atoms with Crippen LogP contribution in [0.2, 0.25) is 0 Å². The van der Waals surface area contributed by atoms with Crippen molar-refractivity contribution >= 4 is 17.4 Å². The third-order valence-corrected chi connectivity index (χ3v) is 3.78. The lowest BCUT2D eigenvalue weighted by Crippen LogP contribution is -2.29. The van der Waals surface area contributed by atoms with Gasteiger partial charge in [-0.15, -0.1) is 15.3 Å². The van der Waals surface area contributed by atoms with Gasteiger partial charge in [0.1, 0.15) is 11.6 Å². The number of rotatable bonds is 5. The van der Waals surface area contributed by atoms with Crippen molar-refractivity contribution in [1.29, 1.82) is 0 Å². The predicted molar refractivity (Wildman–Crippen MR) is 98.4 cm³/mol. The van der Waals surface area contributed by atoms with E-state index >= 15 is 0 Å². The summed E-state index contributed by atoms with van der Waals surface area (Å²) in [5.74, 6) is 1.41. The number of hydrogen-bond donors (Lipinski definition) is 3. The summed E-state index contributed by atoms with van der Waals surface area (Å²) in [6.45, 7) is 7.14. The molecule has 0 spiro atoms. The van der Waals surface area contributed by atoms with Crippen molar-refractivity contribution in [2.75, 3.05) is 18.4 Å². The Morgan fingerprint density at radius 1 is 1.08 bits per heavy atom. The SMILES string of the molecule is CC(C)(C)c1nnc2ccc(NCCNC(=O)c3ccc(O)cc3)nn12. The summed E-state index contributed by atoms with van der Waals surface area (Å²) in [4.78, 5) is 12.0. The van der Waals surface area contributed by atoms with Gasteiger partial charge in [0.15, 0.2) is 11.5 Å². The number of nitrogens with zero attached hydrogens (tertiary/aromatic N) is 4. The molecule has 0 saturated carbocycles. The molecule has 0 aliphatic rings. The van der Waals surface area contributed by atoms with Gasteiger partial charge in [-0.3, -0.25) is 4.79 Å². The highest BCUT2D eigenvalue weighted by Crippen LogP contribution is 2.20. The molecule has 2 heterocycles. The van der Waals surface area contributed by atoms with Gasteiger partial charge in [-0.25, -0.2) is 0 Å². The number of anilines is 1. The van der Waals surface area contributed by atoms with Gasteiger partial charge in [0.2, 0.25) is 0 Å². The molecule has 8 heteroatoms. The minimum absolute atomic E-state index is 0.133. The number of carbonyl (C=O) groups is 1. The van der Waals surface area contributed by atoms with Gasteiger partial charge >= 0.3 is 0 Å². The molecule has 8 nitrogen and oxygen atoms in total. The van der Waals surface area contributed by atoms with Gasteiger partial charge in [-0.2, -0.15) is 4.52 Å². The van der Waals surface area contributed by atoms with Crippen molar-refractivity contribution in [2.45, 2.75) is 26.2 Å². The minimum atomic E-state index is -0.191. The maximum atomic E-state index is 12.0. The van der Waals surface area contributed by atoms with Crippen molar-refractivity contribution in [1.82, 2.24) is 25.1 Å². The number of phenolic OH excluding ortho intramolecular Hbond substituents is 1. The Labute approximate surface area is 151 Å².